The zero-order valence-corrected chi connectivity index (χ0v) is 14.0. The fourth-order valence-electron chi connectivity index (χ4n) is 2.77. The van der Waals surface area contributed by atoms with E-state index in [0.29, 0.717) is 12.2 Å². The summed E-state index contributed by atoms with van der Waals surface area (Å²) in [6.45, 7) is 2.06. The molecule has 106 valence electrons. The summed E-state index contributed by atoms with van der Waals surface area (Å²) in [4.78, 5) is 26.0. The molecule has 2 saturated heterocycles. The van der Waals surface area contributed by atoms with E-state index < -0.39 is 0 Å². The van der Waals surface area contributed by atoms with Crippen LogP contribution in [0, 0.1) is 3.57 Å². The number of nitrogens with zero attached hydrogens (tertiary/aromatic N) is 1. The van der Waals surface area contributed by atoms with Crippen molar-refractivity contribution in [1.29, 1.82) is 0 Å². The van der Waals surface area contributed by atoms with Crippen molar-refractivity contribution < 1.29 is 9.59 Å². The average Bonchev–Trinajstić information content (AvgIpc) is 2.90. The highest BCUT2D eigenvalue weighted by Gasteiger charge is 2.52. The van der Waals surface area contributed by atoms with Crippen molar-refractivity contribution in [2.75, 3.05) is 11.1 Å². The van der Waals surface area contributed by atoms with Gasteiger partial charge in [-0.2, -0.15) is 0 Å². The molecule has 20 heavy (non-hydrogen) atoms. The topological polar surface area (TPSA) is 49.4 Å². The molecule has 2 atom stereocenters. The molecule has 0 unspecified atom stereocenters. The van der Waals surface area contributed by atoms with Gasteiger partial charge < -0.3 is 10.2 Å². The minimum atomic E-state index is -0.348. The summed E-state index contributed by atoms with van der Waals surface area (Å²) in [6.07, 6.45) is 1.39. The third-order valence-corrected chi connectivity index (χ3v) is 6.08. The normalized spacial score (nSPS) is 28.6. The second-order valence-electron chi connectivity index (χ2n) is 5.26. The van der Waals surface area contributed by atoms with E-state index in [4.69, 9.17) is 0 Å². The summed E-state index contributed by atoms with van der Waals surface area (Å²) >= 11 is 3.94. The van der Waals surface area contributed by atoms with Crippen molar-refractivity contribution in [3.63, 3.8) is 0 Å². The molecule has 2 amide bonds. The molecule has 0 spiro atoms. The Balaban J connectivity index is 1.75. The van der Waals surface area contributed by atoms with Crippen LogP contribution >= 0.6 is 34.4 Å². The largest absolute Gasteiger partial charge is 0.324 e. The lowest BCUT2D eigenvalue weighted by Crippen LogP contribution is -2.48. The van der Waals surface area contributed by atoms with E-state index in [-0.39, 0.29) is 22.7 Å². The van der Waals surface area contributed by atoms with Gasteiger partial charge in [-0.25, -0.2) is 0 Å². The predicted molar refractivity (Wildman–Crippen MR) is 88.5 cm³/mol. The van der Waals surface area contributed by atoms with Gasteiger partial charge in [-0.3, -0.25) is 9.59 Å². The van der Waals surface area contributed by atoms with Gasteiger partial charge in [-0.05, 0) is 60.2 Å². The third-order valence-electron chi connectivity index (χ3n) is 3.86. The molecule has 6 heteroatoms. The van der Waals surface area contributed by atoms with Crippen molar-refractivity contribution >= 4 is 51.9 Å². The first-order valence-electron chi connectivity index (χ1n) is 6.52. The molecule has 3 rings (SSSR count). The van der Waals surface area contributed by atoms with Crippen LogP contribution in [0.25, 0.3) is 0 Å². The van der Waals surface area contributed by atoms with Gasteiger partial charge in [-0.1, -0.05) is 0 Å². The van der Waals surface area contributed by atoms with Crippen molar-refractivity contribution in [1.82, 2.24) is 4.90 Å². The molecule has 1 aromatic carbocycles. The Labute approximate surface area is 135 Å². The molecule has 0 aromatic heterocycles. The summed E-state index contributed by atoms with van der Waals surface area (Å²) in [6, 6.07) is 7.31. The monoisotopic (exact) mass is 402 g/mol. The lowest BCUT2D eigenvalue weighted by Gasteiger charge is -2.29. The molecular weight excluding hydrogens is 387 g/mol. The number of anilines is 1. The fraction of sp³-hybridized carbons (Fsp3) is 0.429. The first kappa shape index (κ1) is 14.2. The van der Waals surface area contributed by atoms with Crippen LogP contribution in [0.4, 0.5) is 5.69 Å². The van der Waals surface area contributed by atoms with E-state index in [1.54, 1.807) is 16.7 Å². The number of hydrogen-bond donors (Lipinski definition) is 1. The molecule has 2 heterocycles. The highest BCUT2D eigenvalue weighted by Crippen LogP contribution is 2.47. The molecule has 1 N–H and O–H groups in total. The number of fused-ring (bicyclic) bond motifs is 1. The Morgan fingerprint density at radius 3 is 2.85 bits per heavy atom. The molecule has 4 nitrogen and oxygen atoms in total. The summed E-state index contributed by atoms with van der Waals surface area (Å²) in [7, 11) is 0. The van der Waals surface area contributed by atoms with E-state index >= 15 is 0 Å². The maximum absolute atomic E-state index is 12.4. The van der Waals surface area contributed by atoms with Crippen LogP contribution in [0.1, 0.15) is 19.8 Å². The Morgan fingerprint density at radius 2 is 2.15 bits per heavy atom. The van der Waals surface area contributed by atoms with E-state index in [0.717, 1.165) is 15.7 Å². The van der Waals surface area contributed by atoms with E-state index in [1.807, 2.05) is 24.3 Å². The van der Waals surface area contributed by atoms with Crippen molar-refractivity contribution in [3.05, 3.63) is 27.8 Å². The van der Waals surface area contributed by atoms with E-state index in [1.165, 1.54) is 0 Å². The molecule has 2 aliphatic heterocycles. The lowest BCUT2D eigenvalue weighted by atomic mass is 10.2. The molecule has 2 aliphatic rings. The number of hydrogen-bond acceptors (Lipinski definition) is 3. The van der Waals surface area contributed by atoms with E-state index in [9.17, 15) is 9.59 Å². The number of thioether (sulfide) groups is 1. The number of benzene rings is 1. The SMILES string of the molecule is C[C@]12CCC(=O)N1[C@H](C(=O)Nc1ccc(I)cc1)CS2. The quantitative estimate of drug-likeness (QED) is 0.775. The van der Waals surface area contributed by atoms with Gasteiger partial charge in [0.2, 0.25) is 11.8 Å². The first-order valence-corrected chi connectivity index (χ1v) is 8.59. The zero-order chi connectivity index (χ0) is 14.3. The van der Waals surface area contributed by atoms with Crippen LogP contribution in [0.3, 0.4) is 0 Å². The molecule has 0 saturated carbocycles. The maximum Gasteiger partial charge on any atom is 0.248 e. The number of amides is 2. The number of carbonyl (C=O) groups excluding carboxylic acids is 2. The molecule has 1 aromatic rings. The second-order valence-corrected chi connectivity index (χ2v) is 8.01. The van der Waals surface area contributed by atoms with Gasteiger partial charge >= 0.3 is 0 Å². The second kappa shape index (κ2) is 5.22. The zero-order valence-electron chi connectivity index (χ0n) is 11.1. The number of carbonyl (C=O) groups is 2. The predicted octanol–water partition coefficient (Wildman–Crippen LogP) is 2.68. The Bertz CT molecular complexity index is 563. The fourth-order valence-corrected chi connectivity index (χ4v) is 4.56. The molecule has 0 bridgehead atoms. The summed E-state index contributed by atoms with van der Waals surface area (Å²) in [5.74, 6) is 0.691. The minimum Gasteiger partial charge on any atom is -0.324 e. The van der Waals surface area contributed by atoms with E-state index in [2.05, 4.69) is 34.8 Å². The van der Waals surface area contributed by atoms with Crippen LogP contribution < -0.4 is 5.32 Å². The van der Waals surface area contributed by atoms with Crippen LogP contribution in [-0.2, 0) is 9.59 Å². The number of rotatable bonds is 2. The Kier molecular flexibility index (Phi) is 3.70. The van der Waals surface area contributed by atoms with Crippen LogP contribution in [-0.4, -0.2) is 33.4 Å². The molecular formula is C14H15IN2O2S. The molecule has 0 radical (unpaired) electrons. The van der Waals surface area contributed by atoms with Crippen molar-refractivity contribution in [2.45, 2.75) is 30.7 Å². The van der Waals surface area contributed by atoms with Gasteiger partial charge in [0.1, 0.15) is 6.04 Å². The Morgan fingerprint density at radius 1 is 1.45 bits per heavy atom. The Hall–Kier alpha value is -0.760. The first-order chi connectivity index (χ1) is 9.49. The van der Waals surface area contributed by atoms with Gasteiger partial charge in [0.15, 0.2) is 0 Å². The highest BCUT2D eigenvalue weighted by atomic mass is 127. The van der Waals surface area contributed by atoms with Crippen molar-refractivity contribution in [2.24, 2.45) is 0 Å². The van der Waals surface area contributed by atoms with Gasteiger partial charge in [0, 0.05) is 21.4 Å². The highest BCUT2D eigenvalue weighted by molar-refractivity contribution is 14.1. The van der Waals surface area contributed by atoms with Gasteiger partial charge in [0.05, 0.1) is 4.87 Å². The summed E-state index contributed by atoms with van der Waals surface area (Å²) in [5.41, 5.74) is 0.778. The lowest BCUT2D eigenvalue weighted by molar-refractivity contribution is -0.135. The molecule has 2 fully saturated rings. The molecule has 0 aliphatic carbocycles. The summed E-state index contributed by atoms with van der Waals surface area (Å²) in [5, 5.41) is 2.91. The number of nitrogens with one attached hydrogen (secondary N) is 1. The smallest absolute Gasteiger partial charge is 0.248 e. The van der Waals surface area contributed by atoms with Gasteiger partial charge in [0.25, 0.3) is 0 Å². The number of halogens is 1. The van der Waals surface area contributed by atoms with Gasteiger partial charge in [-0.15, -0.1) is 11.8 Å². The maximum atomic E-state index is 12.4. The van der Waals surface area contributed by atoms with Crippen LogP contribution in [0.2, 0.25) is 0 Å². The minimum absolute atomic E-state index is 0.0855. The third kappa shape index (κ3) is 2.43. The standard InChI is InChI=1S/C14H15IN2O2S/c1-14-7-6-12(18)17(14)11(8-20-14)13(19)16-10-4-2-9(15)3-5-10/h2-5,11H,6-8H2,1H3,(H,16,19)/t11-,14-/m0/s1. The van der Waals surface area contributed by atoms with Crippen LogP contribution in [0.15, 0.2) is 24.3 Å². The average molecular weight is 402 g/mol. The summed E-state index contributed by atoms with van der Waals surface area (Å²) < 4.78 is 1.12. The van der Waals surface area contributed by atoms with Crippen molar-refractivity contribution in [3.8, 4) is 0 Å². The van der Waals surface area contributed by atoms with Crippen LogP contribution in [0.5, 0.6) is 0 Å².